The van der Waals surface area contributed by atoms with E-state index < -0.39 is 11.9 Å². The third-order valence-corrected chi connectivity index (χ3v) is 2.01. The van der Waals surface area contributed by atoms with Crippen LogP contribution in [0.1, 0.15) is 18.0 Å². The Morgan fingerprint density at radius 2 is 2.31 bits per heavy atom. The fourth-order valence-corrected chi connectivity index (χ4v) is 1.37. The second-order valence-corrected chi connectivity index (χ2v) is 3.01. The average Bonchev–Trinajstić information content (AvgIpc) is 2.04. The molecular weight excluding hydrogens is 191 g/mol. The summed E-state index contributed by atoms with van der Waals surface area (Å²) < 4.78 is 13.2. The molecule has 0 aromatic heterocycles. The van der Waals surface area contributed by atoms with Crippen LogP contribution in [0.4, 0.5) is 4.39 Å². The number of nitriles is 1. The molecule has 0 aliphatic heterocycles. The topological polar surface area (TPSA) is 49.8 Å². The summed E-state index contributed by atoms with van der Waals surface area (Å²) >= 11 is 5.73. The summed E-state index contributed by atoms with van der Waals surface area (Å²) in [5, 5.41) is 8.65. The first kappa shape index (κ1) is 9.97. The molecule has 0 radical (unpaired) electrons. The zero-order valence-electron chi connectivity index (χ0n) is 6.80. The number of hydrogen-bond donors (Lipinski definition) is 1. The van der Waals surface area contributed by atoms with Gasteiger partial charge in [-0.2, -0.15) is 5.26 Å². The molecule has 0 saturated heterocycles. The van der Waals surface area contributed by atoms with Gasteiger partial charge in [0, 0.05) is 16.6 Å². The molecule has 0 aliphatic rings. The highest BCUT2D eigenvalue weighted by Crippen LogP contribution is 2.25. The molecule has 1 aromatic carbocycles. The second kappa shape index (κ2) is 4.22. The molecule has 0 heterocycles. The lowest BCUT2D eigenvalue weighted by atomic mass is 10.0. The van der Waals surface area contributed by atoms with E-state index in [4.69, 9.17) is 22.6 Å². The van der Waals surface area contributed by atoms with Crippen molar-refractivity contribution in [1.82, 2.24) is 0 Å². The molecule has 2 N–H and O–H groups in total. The van der Waals surface area contributed by atoms with E-state index in [2.05, 4.69) is 0 Å². The minimum absolute atomic E-state index is 0.0562. The number of rotatable bonds is 2. The van der Waals surface area contributed by atoms with E-state index in [1.807, 2.05) is 6.07 Å². The first-order chi connectivity index (χ1) is 6.16. The van der Waals surface area contributed by atoms with Gasteiger partial charge in [-0.25, -0.2) is 4.39 Å². The lowest BCUT2D eigenvalue weighted by Crippen LogP contribution is -2.11. The molecule has 2 nitrogen and oxygen atoms in total. The summed E-state index contributed by atoms with van der Waals surface area (Å²) in [4.78, 5) is 0. The molecule has 0 amide bonds. The maximum atomic E-state index is 13.2. The Morgan fingerprint density at radius 3 is 2.85 bits per heavy atom. The van der Waals surface area contributed by atoms with Crippen molar-refractivity contribution in [2.75, 3.05) is 0 Å². The summed E-state index contributed by atoms with van der Waals surface area (Å²) in [6.45, 7) is 0. The van der Waals surface area contributed by atoms with Gasteiger partial charge in [-0.3, -0.25) is 0 Å². The third-order valence-electron chi connectivity index (χ3n) is 1.68. The van der Waals surface area contributed by atoms with E-state index in [1.165, 1.54) is 12.1 Å². The van der Waals surface area contributed by atoms with E-state index in [-0.39, 0.29) is 17.0 Å². The van der Waals surface area contributed by atoms with Crippen LogP contribution in [-0.2, 0) is 0 Å². The molecule has 0 fully saturated rings. The van der Waals surface area contributed by atoms with Gasteiger partial charge in [0.1, 0.15) is 5.82 Å². The Bertz CT molecular complexity index is 326. The monoisotopic (exact) mass is 198 g/mol. The van der Waals surface area contributed by atoms with Crippen LogP contribution in [0.3, 0.4) is 0 Å². The fraction of sp³-hybridized carbons (Fsp3) is 0.222. The van der Waals surface area contributed by atoms with E-state index in [0.717, 1.165) is 0 Å². The van der Waals surface area contributed by atoms with Crippen LogP contribution in [0, 0.1) is 17.1 Å². The lowest BCUT2D eigenvalue weighted by Gasteiger charge is -2.10. The Morgan fingerprint density at radius 1 is 1.62 bits per heavy atom. The molecule has 0 saturated carbocycles. The first-order valence-electron chi connectivity index (χ1n) is 3.73. The van der Waals surface area contributed by atoms with Gasteiger partial charge in [0.15, 0.2) is 0 Å². The normalized spacial score (nSPS) is 12.2. The number of nitrogens with zero attached hydrogens (tertiary/aromatic N) is 1. The number of nitrogens with two attached hydrogens (primary N) is 1. The Balaban J connectivity index is 3.06. The van der Waals surface area contributed by atoms with Crippen LogP contribution >= 0.6 is 11.6 Å². The zero-order valence-corrected chi connectivity index (χ0v) is 7.55. The minimum atomic E-state index is -0.654. The van der Waals surface area contributed by atoms with Crippen molar-refractivity contribution in [2.45, 2.75) is 12.5 Å². The molecule has 1 aromatic rings. The van der Waals surface area contributed by atoms with Gasteiger partial charge >= 0.3 is 0 Å². The summed E-state index contributed by atoms with van der Waals surface area (Å²) in [5.74, 6) is -0.463. The number of benzene rings is 1. The zero-order chi connectivity index (χ0) is 9.84. The Labute approximate surface area is 80.7 Å². The maximum Gasteiger partial charge on any atom is 0.129 e. The molecule has 4 heteroatoms. The van der Waals surface area contributed by atoms with Crippen LogP contribution in [0.25, 0.3) is 0 Å². The van der Waals surface area contributed by atoms with Gasteiger partial charge in [0.2, 0.25) is 0 Å². The molecule has 13 heavy (non-hydrogen) atoms. The van der Waals surface area contributed by atoms with Crippen LogP contribution < -0.4 is 5.73 Å². The van der Waals surface area contributed by atoms with E-state index in [9.17, 15) is 4.39 Å². The first-order valence-corrected chi connectivity index (χ1v) is 4.11. The SMILES string of the molecule is N#CC[C@H](N)c1c(F)cccc1Cl. The number of halogens is 2. The molecule has 1 atom stereocenters. The standard InChI is InChI=1S/C9H8ClFN2/c10-6-2-1-3-7(11)9(6)8(13)4-5-12/h1-3,8H,4,13H2/t8-/m0/s1. The fourth-order valence-electron chi connectivity index (χ4n) is 1.07. The molecular formula is C9H8ClFN2. The highest BCUT2D eigenvalue weighted by Gasteiger charge is 2.14. The van der Waals surface area contributed by atoms with Gasteiger partial charge in [0.05, 0.1) is 12.5 Å². The second-order valence-electron chi connectivity index (χ2n) is 2.60. The molecule has 0 unspecified atom stereocenters. The predicted molar refractivity (Wildman–Crippen MR) is 48.6 cm³/mol. The summed E-state index contributed by atoms with van der Waals surface area (Å²) in [5.41, 5.74) is 5.77. The van der Waals surface area contributed by atoms with Crippen molar-refractivity contribution in [3.8, 4) is 6.07 Å². The van der Waals surface area contributed by atoms with Crippen molar-refractivity contribution in [3.05, 3.63) is 34.6 Å². The van der Waals surface area contributed by atoms with E-state index in [1.54, 1.807) is 6.07 Å². The lowest BCUT2D eigenvalue weighted by molar-refractivity contribution is 0.585. The molecule has 0 aliphatic carbocycles. The summed E-state index contributed by atoms with van der Waals surface area (Å²) in [6, 6.07) is 5.55. The summed E-state index contributed by atoms with van der Waals surface area (Å²) in [7, 11) is 0. The maximum absolute atomic E-state index is 13.2. The van der Waals surface area contributed by atoms with Gasteiger partial charge < -0.3 is 5.73 Å². The molecule has 0 bridgehead atoms. The quantitative estimate of drug-likeness (QED) is 0.793. The molecule has 1 rings (SSSR count). The third kappa shape index (κ3) is 2.18. The van der Waals surface area contributed by atoms with Crippen molar-refractivity contribution >= 4 is 11.6 Å². The van der Waals surface area contributed by atoms with Gasteiger partial charge in [-0.15, -0.1) is 0 Å². The Hall–Kier alpha value is -1.11. The highest BCUT2D eigenvalue weighted by molar-refractivity contribution is 6.31. The van der Waals surface area contributed by atoms with Gasteiger partial charge in [0.25, 0.3) is 0 Å². The number of hydrogen-bond acceptors (Lipinski definition) is 2. The van der Waals surface area contributed by atoms with Crippen LogP contribution in [-0.4, -0.2) is 0 Å². The van der Waals surface area contributed by atoms with Crippen molar-refractivity contribution < 1.29 is 4.39 Å². The van der Waals surface area contributed by atoms with Crippen molar-refractivity contribution in [1.29, 1.82) is 5.26 Å². The van der Waals surface area contributed by atoms with E-state index >= 15 is 0 Å². The predicted octanol–water partition coefficient (Wildman–Crippen LogP) is 2.39. The van der Waals surface area contributed by atoms with Crippen molar-refractivity contribution in [2.24, 2.45) is 5.73 Å². The van der Waals surface area contributed by atoms with E-state index in [0.29, 0.717) is 0 Å². The minimum Gasteiger partial charge on any atom is -0.323 e. The van der Waals surface area contributed by atoms with Crippen molar-refractivity contribution in [3.63, 3.8) is 0 Å². The molecule has 68 valence electrons. The largest absolute Gasteiger partial charge is 0.323 e. The van der Waals surface area contributed by atoms with Crippen LogP contribution in [0.15, 0.2) is 18.2 Å². The van der Waals surface area contributed by atoms with Gasteiger partial charge in [-0.05, 0) is 12.1 Å². The van der Waals surface area contributed by atoms with Gasteiger partial charge in [-0.1, -0.05) is 17.7 Å². The molecule has 0 spiro atoms. The van der Waals surface area contributed by atoms with Crippen LogP contribution in [0.2, 0.25) is 5.02 Å². The summed E-state index contributed by atoms with van der Waals surface area (Å²) in [6.07, 6.45) is 0.0562. The van der Waals surface area contributed by atoms with Crippen LogP contribution in [0.5, 0.6) is 0 Å². The highest BCUT2D eigenvalue weighted by atomic mass is 35.5. The Kier molecular flexibility index (Phi) is 3.24. The smallest absolute Gasteiger partial charge is 0.129 e. The average molecular weight is 199 g/mol.